The average Bonchev–Trinajstić information content (AvgIpc) is 2.82. The van der Waals surface area contributed by atoms with E-state index in [0.29, 0.717) is 0 Å². The topological polar surface area (TPSA) is 75.1 Å². The summed E-state index contributed by atoms with van der Waals surface area (Å²) in [6.07, 6.45) is 0. The molecule has 1 aromatic carbocycles. The van der Waals surface area contributed by atoms with Gasteiger partial charge in [0.25, 0.3) is 0 Å². The molecule has 4 nitrogen and oxygen atoms in total. The summed E-state index contributed by atoms with van der Waals surface area (Å²) in [4.78, 5) is 0. The maximum absolute atomic E-state index is 7.50. The molecule has 0 saturated heterocycles. The molecule has 0 spiro atoms. The normalized spacial score (nSPS) is 5.20. The van der Waals surface area contributed by atoms with Crippen LogP contribution in [0, 0.1) is 13.3 Å². The van der Waals surface area contributed by atoms with Crippen molar-refractivity contribution < 1.29 is 35.6 Å². The molecule has 0 atom stereocenters. The van der Waals surface area contributed by atoms with Gasteiger partial charge in [0, 0.05) is 5.16 Å². The molecule has 0 aliphatic carbocycles. The molecule has 1 aromatic rings. The van der Waals surface area contributed by atoms with Crippen molar-refractivity contribution in [3.05, 3.63) is 43.6 Å². The van der Waals surface area contributed by atoms with Crippen LogP contribution in [0.3, 0.4) is 0 Å². The standard InChI is InChI=1S/C5H5.C3H7NO.2CO.W/c1-2-4-5-3-1;1-3(2)4-5;2*1-2;/h1-5H;5H,1-2H3;;;/q-1;;;;+2/p+1. The van der Waals surface area contributed by atoms with Crippen molar-refractivity contribution in [2.75, 3.05) is 0 Å². The smallest absolute Gasteiger partial charge is 0.214 e. The summed E-state index contributed by atoms with van der Waals surface area (Å²) >= 11 is 0. The summed E-state index contributed by atoms with van der Waals surface area (Å²) in [5.41, 5.74) is 0.796. The first kappa shape index (κ1) is 23.7. The van der Waals surface area contributed by atoms with Crippen LogP contribution in [0.15, 0.2) is 35.5 Å². The largest absolute Gasteiger partial charge is 2.00 e. The van der Waals surface area contributed by atoms with Crippen molar-refractivity contribution in [3.63, 3.8) is 0 Å². The first-order valence-corrected chi connectivity index (χ1v) is 3.52. The van der Waals surface area contributed by atoms with Gasteiger partial charge in [0.2, 0.25) is 0 Å². The first-order valence-electron chi connectivity index (χ1n) is 3.52. The Morgan fingerprint density at radius 1 is 1.13 bits per heavy atom. The van der Waals surface area contributed by atoms with Crippen LogP contribution in [0.1, 0.15) is 13.8 Å². The zero-order valence-electron chi connectivity index (χ0n) is 8.56. The fourth-order valence-electron chi connectivity index (χ4n) is 0.321. The van der Waals surface area contributed by atoms with E-state index in [4.69, 9.17) is 14.5 Å². The molecule has 1 rings (SSSR count). The Balaban J connectivity index is -0.0000000580. The predicted molar refractivity (Wildman–Crippen MR) is 52.3 cm³/mol. The summed E-state index contributed by atoms with van der Waals surface area (Å²) in [7, 11) is 0. The van der Waals surface area contributed by atoms with Gasteiger partial charge < -0.3 is 5.21 Å². The van der Waals surface area contributed by atoms with E-state index >= 15 is 0 Å². The Hall–Kier alpha value is -1.01. The fourth-order valence-corrected chi connectivity index (χ4v) is 0.321. The molecule has 0 aliphatic heterocycles. The van der Waals surface area contributed by atoms with Crippen LogP contribution in [-0.4, -0.2) is 10.9 Å². The summed E-state index contributed by atoms with van der Waals surface area (Å²) in [5.74, 6) is 0. The second-order valence-corrected chi connectivity index (χ2v) is 2.02. The molecular formula is C10H13NO3W+2. The minimum absolute atomic E-state index is 0. The van der Waals surface area contributed by atoms with Gasteiger partial charge >= 0.3 is 43.7 Å². The third-order valence-corrected chi connectivity index (χ3v) is 0.779. The Morgan fingerprint density at radius 3 is 1.47 bits per heavy atom. The molecule has 0 unspecified atom stereocenters. The van der Waals surface area contributed by atoms with Crippen molar-refractivity contribution in [1.82, 2.24) is 0 Å². The average molecular weight is 379 g/mol. The molecule has 2 N–H and O–H groups in total. The monoisotopic (exact) mass is 379 g/mol. The molecule has 0 fully saturated rings. The third kappa shape index (κ3) is 43.7. The molecule has 0 radical (unpaired) electrons. The number of nitrogens with zero attached hydrogens (tertiary/aromatic N) is 1. The second-order valence-electron chi connectivity index (χ2n) is 2.02. The quantitative estimate of drug-likeness (QED) is 0.283. The van der Waals surface area contributed by atoms with Crippen molar-refractivity contribution in [2.24, 2.45) is 5.16 Å². The third-order valence-electron chi connectivity index (χ3n) is 0.779. The van der Waals surface area contributed by atoms with E-state index in [1.807, 2.05) is 30.3 Å². The maximum atomic E-state index is 7.50. The number of rotatable bonds is 0. The molecule has 0 amide bonds. The van der Waals surface area contributed by atoms with E-state index in [1.165, 1.54) is 0 Å². The Bertz CT molecular complexity index is 212. The summed E-state index contributed by atoms with van der Waals surface area (Å²) in [6.45, 7) is 12.6. The number of hydrogen-bond acceptors (Lipinski definition) is 1. The summed E-state index contributed by atoms with van der Waals surface area (Å²) in [6, 6.07) is 10.0. The molecular weight excluding hydrogens is 366 g/mol. The van der Waals surface area contributed by atoms with Gasteiger partial charge in [-0.15, -0.1) is 0 Å². The zero-order chi connectivity index (χ0) is 11.8. The molecule has 0 saturated carbocycles. The van der Waals surface area contributed by atoms with Crippen LogP contribution in [0.5, 0.6) is 0 Å². The molecule has 0 aromatic heterocycles. The van der Waals surface area contributed by atoms with E-state index in [1.54, 1.807) is 13.8 Å². The zero-order valence-corrected chi connectivity index (χ0v) is 11.5. The van der Waals surface area contributed by atoms with Gasteiger partial charge in [0.05, 0.1) is 0 Å². The molecule has 0 bridgehead atoms. The molecule has 0 aliphatic rings. The van der Waals surface area contributed by atoms with E-state index in [0.717, 1.165) is 5.71 Å². The van der Waals surface area contributed by atoms with Crippen LogP contribution < -0.4 is 0 Å². The van der Waals surface area contributed by atoms with E-state index in [9.17, 15) is 0 Å². The van der Waals surface area contributed by atoms with Crippen LogP contribution in [-0.2, 0) is 30.4 Å². The summed E-state index contributed by atoms with van der Waals surface area (Å²) in [5, 5.41) is 9.30. The van der Waals surface area contributed by atoms with Gasteiger partial charge in [-0.3, -0.25) is 0 Å². The van der Waals surface area contributed by atoms with E-state index < -0.39 is 0 Å². The van der Waals surface area contributed by atoms with Gasteiger partial charge in [0.1, 0.15) is 5.71 Å². The molecule has 15 heavy (non-hydrogen) atoms. The van der Waals surface area contributed by atoms with Gasteiger partial charge in [-0.05, 0) is 13.8 Å². The van der Waals surface area contributed by atoms with Gasteiger partial charge in [0.15, 0.2) is 0 Å². The van der Waals surface area contributed by atoms with E-state index in [2.05, 4.69) is 18.5 Å². The molecule has 0 heterocycles. The van der Waals surface area contributed by atoms with Crippen molar-refractivity contribution in [2.45, 2.75) is 13.8 Å². The van der Waals surface area contributed by atoms with E-state index in [-0.39, 0.29) is 21.1 Å². The SMILES string of the molecule is CC(C)=N[OH2+].[C-]#[O+].[C-]#[O+].[W+2].c1cc[cH-]c1. The maximum Gasteiger partial charge on any atom is 2.00 e. The number of hydrogen-bond donors (Lipinski definition) is 0. The van der Waals surface area contributed by atoms with Crippen LogP contribution in [0.2, 0.25) is 0 Å². The van der Waals surface area contributed by atoms with Crippen LogP contribution in [0.4, 0.5) is 0 Å². The minimum Gasteiger partial charge on any atom is -0.214 e. The van der Waals surface area contributed by atoms with Crippen molar-refractivity contribution in [3.8, 4) is 0 Å². The molecule has 5 heteroatoms. The van der Waals surface area contributed by atoms with Crippen LogP contribution in [0.25, 0.3) is 0 Å². The van der Waals surface area contributed by atoms with Crippen LogP contribution >= 0.6 is 0 Å². The Morgan fingerprint density at radius 2 is 1.40 bits per heavy atom. The minimum atomic E-state index is 0. The van der Waals surface area contributed by atoms with Crippen molar-refractivity contribution >= 4 is 5.71 Å². The van der Waals surface area contributed by atoms with Gasteiger partial charge in [-0.2, -0.15) is 18.2 Å². The fraction of sp³-hybridized carbons (Fsp3) is 0.200. The van der Waals surface area contributed by atoms with Gasteiger partial charge in [-0.25, -0.2) is 12.1 Å². The molecule has 80 valence electrons. The summed E-state index contributed by atoms with van der Waals surface area (Å²) < 4.78 is 15.0. The van der Waals surface area contributed by atoms with Crippen molar-refractivity contribution in [1.29, 1.82) is 0 Å². The van der Waals surface area contributed by atoms with Gasteiger partial charge in [-0.1, -0.05) is 0 Å². The second kappa shape index (κ2) is 29.3. The Kier molecular flexibility index (Phi) is 46.1. The predicted octanol–water partition coefficient (Wildman–Crippen LogP) is 1.43. The first-order chi connectivity index (χ1) is 6.77. The Labute approximate surface area is 104 Å².